The van der Waals surface area contributed by atoms with Crippen molar-refractivity contribution in [2.45, 2.75) is 64.3 Å². The van der Waals surface area contributed by atoms with Gasteiger partial charge in [-0.2, -0.15) is 0 Å². The molecule has 1 fully saturated rings. The van der Waals surface area contributed by atoms with Crippen molar-refractivity contribution < 1.29 is 23.8 Å². The standard InChI is InChI=1S/C30H36N4O7S/c1-17-23-26(35)34(30(2,3)28(36)37)29(38)33(27(23)42-24(17)25-32-12-13-40-25)16-22(20-8-6-7-9-21(20)39-5)41-19-11-10-18(14-19)15-31-4/h6-9,12-13,18-19,22,31H,10-11,14-16H2,1-5H3,(H,36,37)/t18?,19?,22-/m0/s1. The van der Waals surface area contributed by atoms with Crippen LogP contribution in [0.25, 0.3) is 21.0 Å². The smallest absolute Gasteiger partial charge is 0.333 e. The Morgan fingerprint density at radius 2 is 2.05 bits per heavy atom. The van der Waals surface area contributed by atoms with E-state index in [9.17, 15) is 19.5 Å². The summed E-state index contributed by atoms with van der Waals surface area (Å²) in [7, 11) is 3.52. The number of carboxylic acids is 1. The van der Waals surface area contributed by atoms with E-state index in [1.807, 2.05) is 31.3 Å². The number of para-hydroxylation sites is 1. The number of fused-ring (bicyclic) bond motifs is 1. The molecule has 42 heavy (non-hydrogen) atoms. The van der Waals surface area contributed by atoms with Crippen LogP contribution in [-0.4, -0.2) is 52.0 Å². The molecule has 0 saturated heterocycles. The first kappa shape index (κ1) is 29.7. The van der Waals surface area contributed by atoms with Gasteiger partial charge >= 0.3 is 11.7 Å². The lowest BCUT2D eigenvalue weighted by molar-refractivity contribution is -0.146. The number of aromatic nitrogens is 3. The highest BCUT2D eigenvalue weighted by molar-refractivity contribution is 7.22. The zero-order valence-electron chi connectivity index (χ0n) is 24.4. The Kier molecular flexibility index (Phi) is 8.40. The van der Waals surface area contributed by atoms with Crippen LogP contribution in [-0.2, 0) is 21.6 Å². The van der Waals surface area contributed by atoms with E-state index in [-0.39, 0.29) is 18.0 Å². The fourth-order valence-corrected chi connectivity index (χ4v) is 7.05. The average molecular weight is 597 g/mol. The number of ether oxygens (including phenoxy) is 2. The molecule has 3 aromatic heterocycles. The fourth-order valence-electron chi connectivity index (χ4n) is 5.81. The largest absolute Gasteiger partial charge is 0.496 e. The highest BCUT2D eigenvalue weighted by atomic mass is 32.1. The number of carbonyl (C=O) groups is 1. The molecule has 1 aliphatic carbocycles. The molecule has 0 aliphatic heterocycles. The van der Waals surface area contributed by atoms with Gasteiger partial charge in [0, 0.05) is 5.56 Å². The molecule has 12 heteroatoms. The van der Waals surface area contributed by atoms with Crippen molar-refractivity contribution in [1.82, 2.24) is 19.4 Å². The van der Waals surface area contributed by atoms with Crippen molar-refractivity contribution >= 4 is 27.5 Å². The number of thiophene rings is 1. The van der Waals surface area contributed by atoms with Gasteiger partial charge in [-0.05, 0) is 71.2 Å². The molecule has 1 aromatic carbocycles. The molecule has 11 nitrogen and oxygen atoms in total. The third-order valence-corrected chi connectivity index (χ3v) is 9.40. The number of methoxy groups -OCH3 is 1. The van der Waals surface area contributed by atoms with E-state index in [0.717, 1.165) is 35.9 Å². The van der Waals surface area contributed by atoms with Crippen LogP contribution in [0, 0.1) is 12.8 Å². The van der Waals surface area contributed by atoms with Crippen molar-refractivity contribution in [3.8, 4) is 16.5 Å². The van der Waals surface area contributed by atoms with E-state index in [1.165, 1.54) is 42.2 Å². The average Bonchev–Trinajstić information content (AvgIpc) is 3.71. The number of nitrogens with zero attached hydrogens (tertiary/aromatic N) is 3. The SMILES string of the molecule is CNCC1CCC(O[C@@H](Cn2c(=O)n(C(C)(C)C(=O)O)c(=O)c3c(C)c(-c4ncco4)sc32)c2ccccc2OC)C1. The van der Waals surface area contributed by atoms with Gasteiger partial charge in [0.05, 0.1) is 36.2 Å². The van der Waals surface area contributed by atoms with E-state index in [4.69, 9.17) is 13.9 Å². The number of nitrogens with one attached hydrogen (secondary N) is 1. The van der Waals surface area contributed by atoms with Gasteiger partial charge in [-0.1, -0.05) is 18.2 Å². The van der Waals surface area contributed by atoms with Crippen LogP contribution in [0.4, 0.5) is 0 Å². The molecule has 0 spiro atoms. The van der Waals surface area contributed by atoms with Gasteiger partial charge in [-0.25, -0.2) is 19.1 Å². The van der Waals surface area contributed by atoms with Gasteiger partial charge in [-0.15, -0.1) is 11.3 Å². The number of oxazole rings is 1. The molecule has 1 aliphatic rings. The van der Waals surface area contributed by atoms with Crippen molar-refractivity contribution in [3.63, 3.8) is 0 Å². The molecule has 3 atom stereocenters. The minimum atomic E-state index is -1.81. The van der Waals surface area contributed by atoms with Gasteiger partial charge in [0.1, 0.15) is 28.5 Å². The van der Waals surface area contributed by atoms with E-state index in [0.29, 0.717) is 32.8 Å². The highest BCUT2D eigenvalue weighted by Gasteiger charge is 2.37. The second-order valence-corrected chi connectivity index (χ2v) is 12.2. The van der Waals surface area contributed by atoms with Gasteiger partial charge in [-0.3, -0.25) is 9.36 Å². The Hall–Kier alpha value is -3.74. The van der Waals surface area contributed by atoms with Gasteiger partial charge < -0.3 is 24.3 Å². The summed E-state index contributed by atoms with van der Waals surface area (Å²) < 4.78 is 20.2. The molecule has 2 N–H and O–H groups in total. The van der Waals surface area contributed by atoms with Crippen LogP contribution >= 0.6 is 11.3 Å². The maximum atomic E-state index is 14.2. The minimum absolute atomic E-state index is 0.0316. The van der Waals surface area contributed by atoms with Crippen LogP contribution in [0.5, 0.6) is 5.75 Å². The maximum absolute atomic E-state index is 14.2. The van der Waals surface area contributed by atoms with Crippen LogP contribution in [0.1, 0.15) is 50.3 Å². The quantitative estimate of drug-likeness (QED) is 0.261. The Morgan fingerprint density at radius 1 is 1.29 bits per heavy atom. The lowest BCUT2D eigenvalue weighted by Gasteiger charge is -2.27. The van der Waals surface area contributed by atoms with Crippen LogP contribution in [0.3, 0.4) is 0 Å². The van der Waals surface area contributed by atoms with Crippen molar-refractivity contribution in [1.29, 1.82) is 0 Å². The molecule has 4 aromatic rings. The molecule has 1 saturated carbocycles. The molecular formula is C30H36N4O7S. The molecule has 2 unspecified atom stereocenters. The summed E-state index contributed by atoms with van der Waals surface area (Å²) in [4.78, 5) is 45.6. The highest BCUT2D eigenvalue weighted by Crippen LogP contribution is 2.39. The third kappa shape index (κ3) is 5.30. The Morgan fingerprint density at radius 3 is 2.71 bits per heavy atom. The number of benzene rings is 1. The normalized spacial score (nSPS) is 18.0. The molecule has 0 amide bonds. The Labute approximate surface area is 246 Å². The van der Waals surface area contributed by atoms with Gasteiger partial charge in [0.15, 0.2) is 0 Å². The second kappa shape index (κ2) is 11.9. The summed E-state index contributed by atoms with van der Waals surface area (Å²) in [6.45, 7) is 5.37. The van der Waals surface area contributed by atoms with Crippen molar-refractivity contribution in [3.05, 3.63) is 68.7 Å². The minimum Gasteiger partial charge on any atom is -0.496 e. The summed E-state index contributed by atoms with van der Waals surface area (Å²) >= 11 is 1.21. The first-order valence-electron chi connectivity index (χ1n) is 13.9. The number of carboxylic acid groups (broad SMARTS) is 1. The summed E-state index contributed by atoms with van der Waals surface area (Å²) in [5.41, 5.74) is -1.90. The first-order chi connectivity index (χ1) is 20.1. The topological polar surface area (TPSA) is 138 Å². The van der Waals surface area contributed by atoms with Crippen molar-refractivity contribution in [2.24, 2.45) is 5.92 Å². The van der Waals surface area contributed by atoms with Gasteiger partial charge in [0.2, 0.25) is 5.89 Å². The first-order valence-corrected chi connectivity index (χ1v) is 14.8. The maximum Gasteiger partial charge on any atom is 0.333 e. The Bertz CT molecular complexity index is 1700. The van der Waals surface area contributed by atoms with E-state index in [2.05, 4.69) is 10.3 Å². The van der Waals surface area contributed by atoms with E-state index >= 15 is 0 Å². The predicted octanol–water partition coefficient (Wildman–Crippen LogP) is 4.16. The summed E-state index contributed by atoms with van der Waals surface area (Å²) in [6, 6.07) is 7.49. The second-order valence-electron chi connectivity index (χ2n) is 11.2. The summed E-state index contributed by atoms with van der Waals surface area (Å²) in [5.74, 6) is 0.107. The van der Waals surface area contributed by atoms with Crippen LogP contribution < -0.4 is 21.3 Å². The Balaban J connectivity index is 1.72. The number of hydrogen-bond acceptors (Lipinski definition) is 9. The lowest BCUT2D eigenvalue weighted by atomic mass is 10.0. The number of aryl methyl sites for hydroxylation is 1. The number of rotatable bonds is 11. The van der Waals surface area contributed by atoms with E-state index in [1.54, 1.807) is 14.0 Å². The number of hydrogen-bond donors (Lipinski definition) is 2. The lowest BCUT2D eigenvalue weighted by Crippen LogP contribution is -2.52. The molecule has 3 heterocycles. The monoisotopic (exact) mass is 596 g/mol. The summed E-state index contributed by atoms with van der Waals surface area (Å²) in [5, 5.41) is 13.5. The third-order valence-electron chi connectivity index (χ3n) is 8.10. The molecule has 0 bridgehead atoms. The van der Waals surface area contributed by atoms with E-state index < -0.39 is 28.9 Å². The number of aliphatic carboxylic acids is 1. The zero-order chi connectivity index (χ0) is 30.2. The van der Waals surface area contributed by atoms with Crippen LogP contribution in [0.15, 0.2) is 50.7 Å². The zero-order valence-corrected chi connectivity index (χ0v) is 25.2. The van der Waals surface area contributed by atoms with Crippen LogP contribution in [0.2, 0.25) is 0 Å². The predicted molar refractivity (Wildman–Crippen MR) is 159 cm³/mol. The summed E-state index contributed by atoms with van der Waals surface area (Å²) in [6.07, 6.45) is 5.05. The molecule has 224 valence electrons. The molecule has 0 radical (unpaired) electrons. The molecular weight excluding hydrogens is 560 g/mol. The fraction of sp³-hybridized carbons (Fsp3) is 0.467. The van der Waals surface area contributed by atoms with Gasteiger partial charge in [0.25, 0.3) is 5.56 Å². The van der Waals surface area contributed by atoms with Crippen molar-refractivity contribution in [2.75, 3.05) is 20.7 Å². The molecule has 5 rings (SSSR count).